The normalized spacial score (nSPS) is 26.7. The molecule has 1 amide bonds. The van der Waals surface area contributed by atoms with Crippen LogP contribution in [-0.4, -0.2) is 78.1 Å². The number of rotatable bonds is 4. The minimum absolute atomic E-state index is 0.129. The molecule has 2 aromatic rings. The van der Waals surface area contributed by atoms with Gasteiger partial charge >= 0.3 is 6.09 Å². The number of amides is 1. The Morgan fingerprint density at radius 1 is 1.34 bits per heavy atom. The van der Waals surface area contributed by atoms with Crippen LogP contribution < -0.4 is 9.64 Å². The molecule has 13 heteroatoms. The second-order valence-electron chi connectivity index (χ2n) is 11.6. The van der Waals surface area contributed by atoms with Gasteiger partial charge in [-0.1, -0.05) is 11.6 Å². The molecule has 4 atom stereocenters. The van der Waals surface area contributed by atoms with Gasteiger partial charge in [-0.25, -0.2) is 14.2 Å². The van der Waals surface area contributed by atoms with Crippen molar-refractivity contribution in [3.05, 3.63) is 22.7 Å². The summed E-state index contributed by atoms with van der Waals surface area (Å²) in [4.78, 5) is 26.3. The highest BCUT2D eigenvalue weighted by Crippen LogP contribution is 2.49. The molecule has 2 aromatic heterocycles. The van der Waals surface area contributed by atoms with Crippen molar-refractivity contribution in [3.8, 4) is 5.88 Å². The number of piperazine rings is 1. The number of nitrogens with zero attached hydrogens (tertiary/aromatic N) is 4. The molecule has 0 aliphatic carbocycles. The number of anilines is 1. The molecule has 2 saturated heterocycles. The average molecular weight is 571 g/mol. The van der Waals surface area contributed by atoms with Crippen molar-refractivity contribution in [2.45, 2.75) is 83.2 Å². The number of carbonyl (C=O) groups excluding carboxylic acids is 1. The van der Waals surface area contributed by atoms with E-state index in [1.165, 1.54) is 6.07 Å². The maximum Gasteiger partial charge on any atom is 0.411 e. The van der Waals surface area contributed by atoms with Gasteiger partial charge in [0.2, 0.25) is 5.88 Å². The van der Waals surface area contributed by atoms with Crippen molar-refractivity contribution in [1.29, 1.82) is 0 Å². The minimum Gasteiger partial charge on any atom is -0.472 e. The Kier molecular flexibility index (Phi) is 6.47. The van der Waals surface area contributed by atoms with Crippen molar-refractivity contribution >= 4 is 44.4 Å². The van der Waals surface area contributed by atoms with E-state index in [4.69, 9.17) is 30.2 Å². The van der Waals surface area contributed by atoms with Crippen LogP contribution in [0.2, 0.25) is 5.15 Å². The molecule has 2 bridgehead atoms. The molecule has 3 aliphatic heterocycles. The second-order valence-corrected chi connectivity index (χ2v) is 13.6. The molecule has 5 heterocycles. The van der Waals surface area contributed by atoms with E-state index in [-0.39, 0.29) is 47.6 Å². The van der Waals surface area contributed by atoms with Crippen molar-refractivity contribution in [1.82, 2.24) is 14.9 Å². The van der Waals surface area contributed by atoms with Crippen molar-refractivity contribution < 1.29 is 31.3 Å². The Balaban J connectivity index is 1.62. The highest BCUT2D eigenvalue weighted by molar-refractivity contribution is 7.85. The number of hydrogen-bond acceptors (Lipinski definition) is 9. The second kappa shape index (κ2) is 9.06. The van der Waals surface area contributed by atoms with Crippen LogP contribution in [0.4, 0.5) is 15.0 Å². The van der Waals surface area contributed by atoms with Gasteiger partial charge in [-0.3, -0.25) is 9.08 Å². The lowest BCUT2D eigenvalue weighted by Gasteiger charge is -2.52. The Labute approximate surface area is 226 Å². The largest absolute Gasteiger partial charge is 0.472 e. The average Bonchev–Trinajstić information content (AvgIpc) is 2.95. The molecule has 3 aliphatic rings. The summed E-state index contributed by atoms with van der Waals surface area (Å²) in [7, 11) is -3.65. The number of hydrogen-bond donors (Lipinski definition) is 0. The monoisotopic (exact) mass is 570 g/mol. The summed E-state index contributed by atoms with van der Waals surface area (Å²) in [5.41, 5.74) is -0.779. The number of aromatic nitrogens is 2. The summed E-state index contributed by atoms with van der Waals surface area (Å²) in [6, 6.07) is 0.952. The third-order valence-electron chi connectivity index (χ3n) is 7.34. The highest BCUT2D eigenvalue weighted by atomic mass is 35.5. The smallest absolute Gasteiger partial charge is 0.411 e. The van der Waals surface area contributed by atoms with Crippen molar-refractivity contribution in [3.63, 3.8) is 0 Å². The Morgan fingerprint density at radius 2 is 2.05 bits per heavy atom. The summed E-state index contributed by atoms with van der Waals surface area (Å²) < 4.78 is 55.2. The van der Waals surface area contributed by atoms with Crippen LogP contribution in [0.25, 0.3) is 10.8 Å². The molecular formula is C25H32ClFN4O6S. The zero-order valence-corrected chi connectivity index (χ0v) is 23.8. The first-order chi connectivity index (χ1) is 17.6. The molecule has 0 aromatic carbocycles. The summed E-state index contributed by atoms with van der Waals surface area (Å²) in [6.07, 6.45) is 1.75. The zero-order valence-electron chi connectivity index (χ0n) is 22.2. The zero-order chi connectivity index (χ0) is 27.8. The molecule has 5 rings (SSSR count). The van der Waals surface area contributed by atoms with E-state index < -0.39 is 33.2 Å². The molecule has 0 N–H and O–H groups in total. The molecule has 208 valence electrons. The minimum atomic E-state index is -3.65. The van der Waals surface area contributed by atoms with Gasteiger partial charge in [0, 0.05) is 24.0 Å². The van der Waals surface area contributed by atoms with E-state index in [0.29, 0.717) is 23.4 Å². The lowest BCUT2D eigenvalue weighted by atomic mass is 9.93. The summed E-state index contributed by atoms with van der Waals surface area (Å²) in [5, 5.41) is 0.237. The molecule has 0 unspecified atom stereocenters. The fourth-order valence-corrected chi connectivity index (χ4v) is 6.52. The molecular weight excluding hydrogens is 539 g/mol. The third kappa shape index (κ3) is 4.75. The topological polar surface area (TPSA) is 111 Å². The number of halogens is 2. The van der Waals surface area contributed by atoms with Gasteiger partial charge in [0.25, 0.3) is 10.1 Å². The summed E-state index contributed by atoms with van der Waals surface area (Å²) >= 11 is 6.16. The number of carbonyl (C=O) groups is 1. The Hall–Kier alpha value is -2.44. The summed E-state index contributed by atoms with van der Waals surface area (Å²) in [6.45, 7) is 9.69. The summed E-state index contributed by atoms with van der Waals surface area (Å²) in [5.74, 6) is -0.0820. The predicted octanol–water partition coefficient (Wildman–Crippen LogP) is 4.07. The fourth-order valence-electron chi connectivity index (χ4n) is 5.95. The molecule has 0 radical (unpaired) electrons. The van der Waals surface area contributed by atoms with Crippen molar-refractivity contribution in [2.75, 3.05) is 24.3 Å². The van der Waals surface area contributed by atoms with Crippen LogP contribution in [-0.2, 0) is 25.5 Å². The van der Waals surface area contributed by atoms with E-state index in [0.717, 1.165) is 19.1 Å². The van der Waals surface area contributed by atoms with Crippen LogP contribution in [0.15, 0.2) is 6.07 Å². The molecule has 0 saturated carbocycles. The van der Waals surface area contributed by atoms with Crippen LogP contribution in [0.1, 0.15) is 53.2 Å². The van der Waals surface area contributed by atoms with E-state index in [9.17, 15) is 13.2 Å². The molecule has 38 heavy (non-hydrogen) atoms. The van der Waals surface area contributed by atoms with Crippen molar-refractivity contribution in [2.24, 2.45) is 0 Å². The van der Waals surface area contributed by atoms with Gasteiger partial charge in [-0.15, -0.1) is 0 Å². The molecule has 0 spiro atoms. The van der Waals surface area contributed by atoms with Crippen LogP contribution in [0.3, 0.4) is 0 Å². The first kappa shape index (κ1) is 27.1. The van der Waals surface area contributed by atoms with Gasteiger partial charge in [0.1, 0.15) is 17.5 Å². The quantitative estimate of drug-likeness (QED) is 0.396. The van der Waals surface area contributed by atoms with Gasteiger partial charge in [-0.2, -0.15) is 13.4 Å². The molecule has 10 nitrogen and oxygen atoms in total. The maximum atomic E-state index is 15.3. The van der Waals surface area contributed by atoms with E-state index in [1.54, 1.807) is 0 Å². The first-order valence-electron chi connectivity index (χ1n) is 12.6. The number of ether oxygens (including phenoxy) is 2. The SMILES string of the molecule is C[C@@H]1Oc2nc(Cl)c(F)c3cc(CCOS(C)(=O)=O)nc(c23)N2C[C@@]3(C)CC[C@@H]([C@@H]12)N3C(=O)OC(C)(C)C. The lowest BCUT2D eigenvalue weighted by Crippen LogP contribution is -2.69. The van der Waals surface area contributed by atoms with Crippen LogP contribution in [0, 0.1) is 5.82 Å². The number of pyridine rings is 2. The van der Waals surface area contributed by atoms with Crippen LogP contribution >= 0.6 is 11.6 Å². The fraction of sp³-hybridized carbons (Fsp3) is 0.640. The van der Waals surface area contributed by atoms with Gasteiger partial charge < -0.3 is 14.4 Å². The Morgan fingerprint density at radius 3 is 2.71 bits per heavy atom. The predicted molar refractivity (Wildman–Crippen MR) is 140 cm³/mol. The Bertz CT molecular complexity index is 1420. The molecule has 2 fully saturated rings. The lowest BCUT2D eigenvalue weighted by molar-refractivity contribution is -0.0165. The van der Waals surface area contributed by atoms with E-state index >= 15 is 4.39 Å². The first-order valence-corrected chi connectivity index (χ1v) is 14.8. The standard InChI is InChI=1S/C25H32ClFN4O6S/c1-13-19-16-7-9-25(5,31(16)23(32)37-24(2,3)4)12-30(19)21-17-15(18(27)20(26)29-22(17)36-13)11-14(28-21)8-10-35-38(6,33)34/h11,13,16,19H,7-10,12H2,1-6H3/t13-,16-,19+,25+/m0/s1. The van der Waals surface area contributed by atoms with E-state index in [1.807, 2.05) is 39.5 Å². The van der Waals surface area contributed by atoms with Crippen LogP contribution in [0.5, 0.6) is 5.88 Å². The van der Waals surface area contributed by atoms with Gasteiger partial charge in [-0.05, 0) is 53.5 Å². The van der Waals surface area contributed by atoms with E-state index in [2.05, 4.69) is 9.88 Å². The number of fused-ring (bicyclic) bond motifs is 5. The highest BCUT2D eigenvalue weighted by Gasteiger charge is 2.58. The van der Waals surface area contributed by atoms with Gasteiger partial charge in [0.15, 0.2) is 11.0 Å². The van der Waals surface area contributed by atoms with Gasteiger partial charge in [0.05, 0.1) is 35.9 Å². The third-order valence-corrected chi connectivity index (χ3v) is 8.18. The maximum absolute atomic E-state index is 15.3.